The summed E-state index contributed by atoms with van der Waals surface area (Å²) in [5, 5.41) is 3.44. The number of hydrogen-bond donors (Lipinski definition) is 1. The number of nitrogens with one attached hydrogen (secondary N) is 1. The van der Waals surface area contributed by atoms with E-state index in [2.05, 4.69) is 41.2 Å². The summed E-state index contributed by atoms with van der Waals surface area (Å²) in [6.45, 7) is 7.83. The number of ketones is 1. The van der Waals surface area contributed by atoms with Crippen LogP contribution in [0.2, 0.25) is 0 Å². The highest BCUT2D eigenvalue weighted by Gasteiger charge is 2.30. The summed E-state index contributed by atoms with van der Waals surface area (Å²) in [5.74, 6) is -0.785. The maximum absolute atomic E-state index is 12.7. The molecule has 28 heavy (non-hydrogen) atoms. The maximum Gasteiger partial charge on any atom is 0.280 e. The Morgan fingerprint density at radius 1 is 1.11 bits per heavy atom. The van der Waals surface area contributed by atoms with Crippen molar-refractivity contribution in [3.05, 3.63) is 71.3 Å². The lowest BCUT2D eigenvalue weighted by molar-refractivity contribution is -0.114. The molecule has 0 radical (unpaired) electrons. The van der Waals surface area contributed by atoms with Crippen LogP contribution >= 0.6 is 0 Å². The number of carbonyl (C=O) groups is 2. The number of hydrogen-bond acceptors (Lipinski definition) is 4. The highest BCUT2D eigenvalue weighted by Crippen LogP contribution is 2.32. The number of aliphatic imine (C=N–C) groups is 1. The van der Waals surface area contributed by atoms with E-state index in [-0.39, 0.29) is 17.4 Å². The van der Waals surface area contributed by atoms with E-state index in [0.29, 0.717) is 5.56 Å². The van der Waals surface area contributed by atoms with Gasteiger partial charge in [-0.1, -0.05) is 24.3 Å². The number of amides is 1. The number of fused-ring (bicyclic) bond motifs is 1. The van der Waals surface area contributed by atoms with Gasteiger partial charge in [-0.3, -0.25) is 9.59 Å². The molecule has 5 heteroatoms. The summed E-state index contributed by atoms with van der Waals surface area (Å²) < 4.78 is 0. The van der Waals surface area contributed by atoms with Crippen molar-refractivity contribution in [3.63, 3.8) is 0 Å². The smallest absolute Gasteiger partial charge is 0.280 e. The lowest BCUT2D eigenvalue weighted by Gasteiger charge is -2.25. The molecule has 0 aliphatic heterocycles. The van der Waals surface area contributed by atoms with Crippen molar-refractivity contribution in [2.75, 3.05) is 23.3 Å². The number of benzene rings is 2. The van der Waals surface area contributed by atoms with Crippen LogP contribution in [-0.4, -0.2) is 31.0 Å². The first-order valence-corrected chi connectivity index (χ1v) is 9.59. The molecule has 1 aliphatic rings. The molecule has 0 bridgehead atoms. The molecule has 1 atom stereocenters. The van der Waals surface area contributed by atoms with Crippen LogP contribution in [0.15, 0.2) is 65.2 Å². The quantitative estimate of drug-likeness (QED) is 0.599. The first kappa shape index (κ1) is 19.5. The Kier molecular flexibility index (Phi) is 6.04. The third-order valence-corrected chi connectivity index (χ3v) is 4.91. The molecule has 1 amide bonds. The van der Waals surface area contributed by atoms with E-state index in [1.807, 2.05) is 30.3 Å². The van der Waals surface area contributed by atoms with E-state index in [1.54, 1.807) is 19.1 Å². The first-order valence-electron chi connectivity index (χ1n) is 9.59. The topological polar surface area (TPSA) is 61.8 Å². The highest BCUT2D eigenvalue weighted by atomic mass is 16.2. The van der Waals surface area contributed by atoms with Crippen LogP contribution in [0.25, 0.3) is 0 Å². The summed E-state index contributed by atoms with van der Waals surface area (Å²) >= 11 is 0. The second-order valence-electron chi connectivity index (χ2n) is 6.53. The minimum Gasteiger partial charge on any atom is -0.375 e. The molecule has 0 heterocycles. The van der Waals surface area contributed by atoms with E-state index in [9.17, 15) is 9.59 Å². The van der Waals surface area contributed by atoms with Gasteiger partial charge in [-0.05, 0) is 56.7 Å². The zero-order valence-electron chi connectivity index (χ0n) is 16.5. The molecule has 3 rings (SSSR count). The van der Waals surface area contributed by atoms with Gasteiger partial charge in [-0.25, -0.2) is 4.99 Å². The Labute approximate surface area is 165 Å². The van der Waals surface area contributed by atoms with Crippen molar-refractivity contribution in [1.29, 1.82) is 0 Å². The molecular weight excluding hydrogens is 350 g/mol. The minimum absolute atomic E-state index is 0.106. The van der Waals surface area contributed by atoms with Gasteiger partial charge in [-0.2, -0.15) is 0 Å². The molecule has 2 aromatic rings. The molecule has 1 aliphatic carbocycles. The van der Waals surface area contributed by atoms with E-state index in [4.69, 9.17) is 0 Å². The Morgan fingerprint density at radius 2 is 1.79 bits per heavy atom. The zero-order valence-corrected chi connectivity index (χ0v) is 16.5. The lowest BCUT2D eigenvalue weighted by atomic mass is 9.86. The molecule has 5 nitrogen and oxygen atoms in total. The molecule has 0 spiro atoms. The van der Waals surface area contributed by atoms with Crippen molar-refractivity contribution in [2.24, 2.45) is 4.99 Å². The van der Waals surface area contributed by atoms with Crippen LogP contribution < -0.4 is 10.2 Å². The predicted molar refractivity (Wildman–Crippen MR) is 114 cm³/mol. The van der Waals surface area contributed by atoms with Crippen molar-refractivity contribution >= 4 is 29.3 Å². The minimum atomic E-state index is -0.509. The summed E-state index contributed by atoms with van der Waals surface area (Å²) in [6, 6.07) is 15.3. The zero-order chi connectivity index (χ0) is 20.1. The van der Waals surface area contributed by atoms with Crippen molar-refractivity contribution < 1.29 is 9.59 Å². The molecule has 0 aromatic heterocycles. The number of carbonyl (C=O) groups excluding carboxylic acids is 2. The van der Waals surface area contributed by atoms with Crippen LogP contribution in [0.1, 0.15) is 42.7 Å². The van der Waals surface area contributed by atoms with Gasteiger partial charge in [-0.15, -0.1) is 0 Å². The first-order chi connectivity index (χ1) is 13.6. The van der Waals surface area contributed by atoms with E-state index in [0.717, 1.165) is 24.3 Å². The average molecular weight is 375 g/mol. The second kappa shape index (κ2) is 8.65. The number of anilines is 2. The lowest BCUT2D eigenvalue weighted by Crippen LogP contribution is -2.24. The predicted octanol–water partition coefficient (Wildman–Crippen LogP) is 4.43. The van der Waals surface area contributed by atoms with Crippen molar-refractivity contribution in [2.45, 2.75) is 26.8 Å². The van der Waals surface area contributed by atoms with Crippen molar-refractivity contribution in [1.82, 2.24) is 0 Å². The van der Waals surface area contributed by atoms with Gasteiger partial charge in [0.15, 0.2) is 5.78 Å². The summed E-state index contributed by atoms with van der Waals surface area (Å²) in [4.78, 5) is 31.1. The van der Waals surface area contributed by atoms with Gasteiger partial charge < -0.3 is 10.2 Å². The third-order valence-electron chi connectivity index (χ3n) is 4.91. The highest BCUT2D eigenvalue weighted by molar-refractivity contribution is 6.28. The van der Waals surface area contributed by atoms with Crippen LogP contribution in [0, 0.1) is 0 Å². The molecular formula is C23H25N3O2. The summed E-state index contributed by atoms with van der Waals surface area (Å²) in [5.41, 5.74) is 3.59. The van der Waals surface area contributed by atoms with E-state index in [1.165, 1.54) is 11.9 Å². The molecule has 0 fully saturated rings. The van der Waals surface area contributed by atoms with E-state index >= 15 is 0 Å². The average Bonchev–Trinajstić information content (AvgIpc) is 2.72. The Bertz CT molecular complexity index is 925. The van der Waals surface area contributed by atoms with Gasteiger partial charge >= 0.3 is 0 Å². The fraction of sp³-hybridized carbons (Fsp3) is 0.261. The molecule has 1 unspecified atom stereocenters. The Balaban J connectivity index is 1.92. The molecule has 1 N–H and O–H groups in total. The molecule has 2 aromatic carbocycles. The van der Waals surface area contributed by atoms with Gasteiger partial charge in [0.05, 0.1) is 11.6 Å². The maximum atomic E-state index is 12.7. The third kappa shape index (κ3) is 3.88. The number of nitrogens with zero attached hydrogens (tertiary/aromatic N) is 2. The van der Waals surface area contributed by atoms with Crippen LogP contribution in [0.4, 0.5) is 11.4 Å². The van der Waals surface area contributed by atoms with Gasteiger partial charge in [0.1, 0.15) is 0 Å². The van der Waals surface area contributed by atoms with Crippen molar-refractivity contribution in [3.8, 4) is 0 Å². The van der Waals surface area contributed by atoms with E-state index < -0.39 is 5.91 Å². The summed E-state index contributed by atoms with van der Waals surface area (Å²) in [6.07, 6.45) is 3.09. The normalized spacial score (nSPS) is 15.9. The standard InChI is InChI=1S/C23H25N3O2/c1-4-24-23(28)20-15-21(18-9-7-8-10-19(18)22(20)27)25-16-11-13-17(14-12-16)26(5-2)6-3/h4,7-15,21,25H,5-6H2,1-3H3. The monoisotopic (exact) mass is 375 g/mol. The van der Waals surface area contributed by atoms with Crippen LogP contribution in [0.5, 0.6) is 0 Å². The SMILES string of the molecule is CC=NC(=O)C1=CC(Nc2ccc(N(CC)CC)cc2)c2ccccc2C1=O. The second-order valence-corrected chi connectivity index (χ2v) is 6.53. The Morgan fingerprint density at radius 3 is 2.43 bits per heavy atom. The summed E-state index contributed by atoms with van der Waals surface area (Å²) in [7, 11) is 0. The fourth-order valence-electron chi connectivity index (χ4n) is 3.46. The van der Waals surface area contributed by atoms with Gasteiger partial charge in [0, 0.05) is 36.2 Å². The number of rotatable bonds is 6. The fourth-order valence-corrected chi connectivity index (χ4v) is 3.46. The van der Waals surface area contributed by atoms with Crippen LogP contribution in [0.3, 0.4) is 0 Å². The van der Waals surface area contributed by atoms with Gasteiger partial charge in [0.25, 0.3) is 5.91 Å². The molecule has 0 saturated heterocycles. The number of Topliss-reactive ketones (excluding diaryl/α,β-unsaturated/α-hetero) is 1. The molecule has 144 valence electrons. The Hall–Kier alpha value is -3.21. The van der Waals surface area contributed by atoms with Gasteiger partial charge in [0.2, 0.25) is 0 Å². The largest absolute Gasteiger partial charge is 0.375 e. The van der Waals surface area contributed by atoms with Crippen LogP contribution in [-0.2, 0) is 4.79 Å². The molecule has 0 saturated carbocycles.